The molecular formula is C84H68N4O2. The first-order valence-corrected chi connectivity index (χ1v) is 30.9. The van der Waals surface area contributed by atoms with Gasteiger partial charge in [0.2, 0.25) is 0 Å². The Morgan fingerprint density at radius 3 is 1.84 bits per heavy atom. The zero-order valence-corrected chi connectivity index (χ0v) is 51.9. The molecule has 11 aromatic carbocycles. The molecule has 0 radical (unpaired) electrons. The van der Waals surface area contributed by atoms with Crippen molar-refractivity contribution in [3.05, 3.63) is 272 Å². The van der Waals surface area contributed by atoms with Crippen molar-refractivity contribution in [1.29, 1.82) is 0 Å². The van der Waals surface area contributed by atoms with Crippen LogP contribution in [0.25, 0.3) is 139 Å². The number of nitrogens with zero attached hydrogens (tertiary/aromatic N) is 4. The molecule has 5 heterocycles. The molecule has 16 rings (SSSR count). The van der Waals surface area contributed by atoms with Crippen LogP contribution in [0, 0.1) is 6.33 Å². The number of imidazole rings is 1. The molecule has 0 aliphatic carbocycles. The summed E-state index contributed by atoms with van der Waals surface area (Å²) < 4.78 is 64.9. The van der Waals surface area contributed by atoms with E-state index in [9.17, 15) is 2.74 Å². The summed E-state index contributed by atoms with van der Waals surface area (Å²) in [5.41, 5.74) is 20.3. The highest BCUT2D eigenvalue weighted by Crippen LogP contribution is 2.49. The number of pyridine rings is 1. The molecule has 436 valence electrons. The third-order valence-electron chi connectivity index (χ3n) is 18.1. The zero-order chi connectivity index (χ0) is 65.7. The van der Waals surface area contributed by atoms with Gasteiger partial charge in [0.15, 0.2) is 0 Å². The lowest BCUT2D eigenvalue weighted by atomic mass is 9.78. The smallest absolute Gasteiger partial charge is 0.269 e. The maximum Gasteiger partial charge on any atom is 0.269 e. The van der Waals surface area contributed by atoms with E-state index in [1.807, 2.05) is 48.7 Å². The summed E-state index contributed by atoms with van der Waals surface area (Å²) >= 11 is 0. The fourth-order valence-corrected chi connectivity index (χ4v) is 13.3. The van der Waals surface area contributed by atoms with Crippen molar-refractivity contribution in [3.63, 3.8) is 0 Å². The summed E-state index contributed by atoms with van der Waals surface area (Å²) in [5.74, 6) is 2.13. The first-order valence-electron chi connectivity index (χ1n) is 33.4. The van der Waals surface area contributed by atoms with Gasteiger partial charge in [0.1, 0.15) is 28.5 Å². The van der Waals surface area contributed by atoms with Gasteiger partial charge in [-0.2, -0.15) is 0 Å². The van der Waals surface area contributed by atoms with Crippen molar-refractivity contribution in [3.8, 4) is 95.5 Å². The highest BCUT2D eigenvalue weighted by Gasteiger charge is 2.30. The summed E-state index contributed by atoms with van der Waals surface area (Å²) in [5, 5.41) is 4.27. The van der Waals surface area contributed by atoms with Crippen molar-refractivity contribution in [2.45, 2.75) is 78.6 Å². The molecule has 0 N–H and O–H groups in total. The summed E-state index contributed by atoms with van der Waals surface area (Å²) in [4.78, 5) is 4.96. The molecule has 90 heavy (non-hydrogen) atoms. The fourth-order valence-electron chi connectivity index (χ4n) is 13.3. The Morgan fingerprint density at radius 1 is 0.422 bits per heavy atom. The van der Waals surface area contributed by atoms with Crippen LogP contribution in [0.1, 0.15) is 85.9 Å². The van der Waals surface area contributed by atoms with E-state index in [2.05, 4.69) is 252 Å². The average Bonchev–Trinajstić information content (AvgIpc) is 1.60. The molecule has 4 aromatic heterocycles. The molecule has 6 nitrogen and oxygen atoms in total. The average molecular weight is 1170 g/mol. The number of hydrogen-bond donors (Lipinski definition) is 0. The quantitative estimate of drug-likeness (QED) is 0.118. The minimum Gasteiger partial charge on any atom is -0.458 e. The van der Waals surface area contributed by atoms with Crippen LogP contribution in [0.15, 0.2) is 253 Å². The lowest BCUT2D eigenvalue weighted by Crippen LogP contribution is -2.32. The first kappa shape index (κ1) is 49.4. The molecule has 0 bridgehead atoms. The van der Waals surface area contributed by atoms with E-state index in [0.717, 1.165) is 128 Å². The van der Waals surface area contributed by atoms with E-state index in [-0.39, 0.29) is 46.0 Å². The number of benzene rings is 11. The van der Waals surface area contributed by atoms with Crippen LogP contribution in [0.4, 0.5) is 0 Å². The minimum absolute atomic E-state index is 0.0832. The van der Waals surface area contributed by atoms with Gasteiger partial charge in [-0.15, -0.1) is 0 Å². The molecule has 1 aliphatic rings. The topological polar surface area (TPSA) is 49.0 Å². The van der Waals surface area contributed by atoms with E-state index in [0.29, 0.717) is 17.1 Å². The summed E-state index contributed by atoms with van der Waals surface area (Å²) in [7, 11) is 0. The number of hydrogen-bond acceptors (Lipinski definition) is 3. The molecule has 0 saturated carbocycles. The van der Waals surface area contributed by atoms with Crippen LogP contribution in [0.3, 0.4) is 0 Å². The number of aromatic nitrogens is 4. The predicted octanol–water partition coefficient (Wildman–Crippen LogP) is 22.1. The highest BCUT2D eigenvalue weighted by molar-refractivity contribution is 6.10. The van der Waals surface area contributed by atoms with Gasteiger partial charge in [0.05, 0.1) is 40.3 Å². The largest absolute Gasteiger partial charge is 0.458 e. The van der Waals surface area contributed by atoms with Crippen LogP contribution < -0.4 is 9.30 Å². The van der Waals surface area contributed by atoms with E-state index in [1.54, 1.807) is 0 Å². The Labute approximate surface area is 532 Å². The Bertz CT molecular complexity index is 5670. The Morgan fingerprint density at radius 2 is 1.06 bits per heavy atom. The highest BCUT2D eigenvalue weighted by atomic mass is 16.5. The van der Waals surface area contributed by atoms with E-state index in [1.165, 1.54) is 16.7 Å². The zero-order valence-electron chi connectivity index (χ0n) is 56.9. The number of fused-ring (bicyclic) bond motifs is 13. The maximum atomic E-state index is 9.28. The summed E-state index contributed by atoms with van der Waals surface area (Å²) in [6, 6.07) is 72.8. The van der Waals surface area contributed by atoms with Crippen LogP contribution in [0.5, 0.6) is 11.5 Å². The van der Waals surface area contributed by atoms with Crippen molar-refractivity contribution < 1.29 is 20.6 Å². The van der Waals surface area contributed by atoms with Gasteiger partial charge in [0.25, 0.3) is 6.33 Å². The predicted molar refractivity (Wildman–Crippen MR) is 372 cm³/mol. The molecule has 0 saturated heterocycles. The van der Waals surface area contributed by atoms with Gasteiger partial charge in [-0.05, 0) is 179 Å². The molecule has 0 unspecified atom stereocenters. The van der Waals surface area contributed by atoms with Crippen LogP contribution >= 0.6 is 0 Å². The SMILES string of the molecule is [2H]c1c([2H])c([2H])c(-c2ccc3c(c2)-c2cccc(-c4cc(C(C)(C)C)cc(C(C)(C)C)c4)c2-[n+]2[c-]n(-c4cccc(Oc5ccc6c7ccccc7n(-c7cc(C(C)(C)C)ccn7)c6c5)c4)c4cc(-c5ccc6oc7ccccc7c6c5)cc(c42)-c2ccccc2-3)c([2H])c1[2H]. The van der Waals surface area contributed by atoms with Crippen LogP contribution in [-0.4, -0.2) is 14.1 Å². The van der Waals surface area contributed by atoms with Gasteiger partial charge in [-0.1, -0.05) is 220 Å². The molecule has 0 atom stereocenters. The molecule has 6 heteroatoms. The van der Waals surface area contributed by atoms with Crippen molar-refractivity contribution >= 4 is 54.8 Å². The van der Waals surface area contributed by atoms with Crippen molar-refractivity contribution in [2.24, 2.45) is 0 Å². The maximum absolute atomic E-state index is 9.28. The van der Waals surface area contributed by atoms with Gasteiger partial charge >= 0.3 is 0 Å². The number of para-hydroxylation sites is 3. The molecule has 0 spiro atoms. The van der Waals surface area contributed by atoms with E-state index >= 15 is 0 Å². The van der Waals surface area contributed by atoms with Gasteiger partial charge in [0, 0.05) is 33.8 Å². The van der Waals surface area contributed by atoms with Crippen LogP contribution in [-0.2, 0) is 16.2 Å². The van der Waals surface area contributed by atoms with Gasteiger partial charge < -0.3 is 9.15 Å². The molecule has 15 aromatic rings. The molecule has 0 amide bonds. The summed E-state index contributed by atoms with van der Waals surface area (Å²) in [6.45, 7) is 20.3. The summed E-state index contributed by atoms with van der Waals surface area (Å²) in [6.07, 6.45) is 5.97. The molecule has 0 fully saturated rings. The third-order valence-corrected chi connectivity index (χ3v) is 18.1. The minimum atomic E-state index is -0.438. The second kappa shape index (κ2) is 20.5. The van der Waals surface area contributed by atoms with Gasteiger partial charge in [-0.3, -0.25) is 13.7 Å². The lowest BCUT2D eigenvalue weighted by Gasteiger charge is -2.27. The molecule has 1 aliphatic heterocycles. The van der Waals surface area contributed by atoms with Crippen LogP contribution in [0.2, 0.25) is 0 Å². The standard InChI is InChI=1S/C84H68N4O2/c1-82(2,3)57-39-40-85-79(48-57)88-74-31-17-15-27-67(74)68-37-35-62(50-75(68)88)89-61-24-19-23-60(49-61)86-51-87-80-63(56-41-58(83(4,5)6)47-59(42-56)84(7,8)9)29-20-30-70(80)71-43-53(52-21-11-10-12-22-52)33-36-66(71)64-25-13-14-26-65(64)73-45-55(46-76(86)81(73)87)54-34-38-78-72(44-54)69-28-16-18-32-77(69)90-78/h10-50H,1-9H3/i10D,11D,12D,21D,22D. The second-order valence-corrected chi connectivity index (χ2v) is 27.1. The number of ether oxygens (including phenoxy) is 1. The Hall–Kier alpha value is -10.6. The second-order valence-electron chi connectivity index (χ2n) is 27.1. The van der Waals surface area contributed by atoms with E-state index in [4.69, 9.17) is 18.3 Å². The molecular weight excluding hydrogens is 1100 g/mol. The van der Waals surface area contributed by atoms with E-state index < -0.39 is 6.04 Å². The normalized spacial score (nSPS) is 13.3. The monoisotopic (exact) mass is 1170 g/mol. The Kier molecular flexibility index (Phi) is 11.3. The number of furan rings is 1. The Balaban J connectivity index is 0.981. The van der Waals surface area contributed by atoms with Crippen molar-refractivity contribution in [1.82, 2.24) is 14.1 Å². The number of rotatable bonds is 7. The first-order chi connectivity index (χ1) is 45.5. The van der Waals surface area contributed by atoms with Crippen molar-refractivity contribution in [2.75, 3.05) is 0 Å². The van der Waals surface area contributed by atoms with Gasteiger partial charge in [-0.25, -0.2) is 4.98 Å². The fraction of sp³-hybridized carbons (Fsp3) is 0.143. The lowest BCUT2D eigenvalue weighted by molar-refractivity contribution is -0.570. The third kappa shape index (κ3) is 9.23.